The molecule has 0 saturated heterocycles. The smallest absolute Gasteiger partial charge is 0.308 e. The Morgan fingerprint density at radius 2 is 1.93 bits per heavy atom. The van der Waals surface area contributed by atoms with Gasteiger partial charge in [-0.15, -0.1) is 0 Å². The molecular formula is C20H17FN2O3S. The predicted molar refractivity (Wildman–Crippen MR) is 103 cm³/mol. The van der Waals surface area contributed by atoms with E-state index in [4.69, 9.17) is 4.74 Å². The third-order valence-electron chi connectivity index (χ3n) is 4.75. The van der Waals surface area contributed by atoms with E-state index in [1.54, 1.807) is 26.3 Å². The van der Waals surface area contributed by atoms with E-state index in [1.807, 2.05) is 24.3 Å². The first-order valence-corrected chi connectivity index (χ1v) is 9.24. The molecule has 1 amide bonds. The first kappa shape index (κ1) is 17.5. The molecule has 0 radical (unpaired) electrons. The van der Waals surface area contributed by atoms with Crippen LogP contribution in [0.3, 0.4) is 0 Å². The summed E-state index contributed by atoms with van der Waals surface area (Å²) in [4.78, 5) is 27.5. The normalized spacial score (nSPS) is 16.3. The number of hydrogen-bond acceptors (Lipinski definition) is 4. The average molecular weight is 384 g/mol. The lowest BCUT2D eigenvalue weighted by atomic mass is 9.89. The molecule has 1 aliphatic heterocycles. The zero-order valence-corrected chi connectivity index (χ0v) is 15.6. The summed E-state index contributed by atoms with van der Waals surface area (Å²) in [5, 5.41) is 0. The topological polar surface area (TPSA) is 51.5 Å². The molecule has 1 atom stereocenters. The Balaban J connectivity index is 1.93. The van der Waals surface area contributed by atoms with Crippen LogP contribution < -0.4 is 14.5 Å². The summed E-state index contributed by atoms with van der Waals surface area (Å²) in [6, 6.07) is 13.3. The molecule has 5 nitrogen and oxygen atoms in total. The Hall–Kier alpha value is -2.93. The van der Waals surface area contributed by atoms with Crippen molar-refractivity contribution >= 4 is 28.7 Å². The number of methoxy groups -OCH3 is 1. The highest BCUT2D eigenvalue weighted by molar-refractivity contribution is 7.10. The van der Waals surface area contributed by atoms with Crippen molar-refractivity contribution < 1.29 is 13.9 Å². The molecule has 1 aliphatic rings. The van der Waals surface area contributed by atoms with Gasteiger partial charge in [-0.25, -0.2) is 4.39 Å². The summed E-state index contributed by atoms with van der Waals surface area (Å²) in [7, 11) is 3.21. The number of thiazole rings is 1. The van der Waals surface area contributed by atoms with Crippen molar-refractivity contribution in [3.05, 3.63) is 74.5 Å². The fourth-order valence-corrected chi connectivity index (χ4v) is 4.59. The van der Waals surface area contributed by atoms with Gasteiger partial charge in [0.05, 0.1) is 17.7 Å². The lowest BCUT2D eigenvalue weighted by Gasteiger charge is -2.32. The van der Waals surface area contributed by atoms with Crippen LogP contribution in [0, 0.1) is 5.82 Å². The first-order chi connectivity index (χ1) is 13.0. The van der Waals surface area contributed by atoms with Gasteiger partial charge in [0.1, 0.15) is 17.4 Å². The molecule has 138 valence electrons. The highest BCUT2D eigenvalue weighted by atomic mass is 32.1. The highest BCUT2D eigenvalue weighted by Crippen LogP contribution is 2.46. The van der Waals surface area contributed by atoms with E-state index < -0.39 is 5.82 Å². The minimum atomic E-state index is -0.436. The zero-order valence-electron chi connectivity index (χ0n) is 14.8. The lowest BCUT2D eigenvalue weighted by molar-refractivity contribution is -0.118. The van der Waals surface area contributed by atoms with E-state index in [1.165, 1.54) is 21.6 Å². The molecule has 0 unspecified atom stereocenters. The Labute approximate surface area is 159 Å². The fraction of sp³-hybridized carbons (Fsp3) is 0.200. The maximum atomic E-state index is 13.8. The molecule has 0 bridgehead atoms. The van der Waals surface area contributed by atoms with Crippen LogP contribution in [0.25, 0.3) is 0 Å². The number of carbonyl (C=O) groups is 1. The van der Waals surface area contributed by atoms with Gasteiger partial charge < -0.3 is 4.74 Å². The summed E-state index contributed by atoms with van der Waals surface area (Å²) < 4.78 is 20.7. The van der Waals surface area contributed by atoms with Crippen molar-refractivity contribution in [1.82, 2.24) is 4.57 Å². The number of carbonyl (C=O) groups excluding carboxylic acids is 1. The summed E-state index contributed by atoms with van der Waals surface area (Å²) in [6.45, 7) is 0. The van der Waals surface area contributed by atoms with Gasteiger partial charge in [-0.2, -0.15) is 0 Å². The van der Waals surface area contributed by atoms with E-state index >= 15 is 0 Å². The van der Waals surface area contributed by atoms with E-state index in [0.717, 1.165) is 21.8 Å². The molecule has 7 heteroatoms. The number of para-hydroxylation sites is 1. The molecule has 0 N–H and O–H groups in total. The number of aromatic nitrogens is 1. The average Bonchev–Trinajstić information content (AvgIpc) is 2.96. The molecule has 3 aromatic rings. The lowest BCUT2D eigenvalue weighted by Crippen LogP contribution is -2.34. The van der Waals surface area contributed by atoms with Gasteiger partial charge in [0, 0.05) is 24.9 Å². The fourth-order valence-electron chi connectivity index (χ4n) is 3.51. The van der Waals surface area contributed by atoms with Crippen LogP contribution in [-0.2, 0) is 11.8 Å². The molecule has 2 aromatic carbocycles. The predicted octanol–water partition coefficient (Wildman–Crippen LogP) is 3.79. The number of ether oxygens (including phenoxy) is 1. The van der Waals surface area contributed by atoms with E-state index in [2.05, 4.69) is 0 Å². The molecule has 4 rings (SSSR count). The number of anilines is 2. The SMILES string of the molecule is COc1ccccc1[C@@H]1CC(=O)N(c2cccc(F)c2)c2c1sc(=O)n2C. The van der Waals surface area contributed by atoms with Crippen molar-refractivity contribution in [3.63, 3.8) is 0 Å². The van der Waals surface area contributed by atoms with Crippen molar-refractivity contribution in [1.29, 1.82) is 0 Å². The van der Waals surface area contributed by atoms with Gasteiger partial charge in [-0.05, 0) is 24.3 Å². The van der Waals surface area contributed by atoms with Crippen LogP contribution >= 0.6 is 11.3 Å². The van der Waals surface area contributed by atoms with Crippen molar-refractivity contribution in [2.45, 2.75) is 12.3 Å². The number of hydrogen-bond donors (Lipinski definition) is 0. The Morgan fingerprint density at radius 1 is 1.15 bits per heavy atom. The Kier molecular flexibility index (Phi) is 4.31. The van der Waals surface area contributed by atoms with E-state index in [0.29, 0.717) is 17.3 Å². The number of fused-ring (bicyclic) bond motifs is 1. The number of rotatable bonds is 3. The molecule has 0 fully saturated rings. The van der Waals surface area contributed by atoms with Crippen LogP contribution in [0.15, 0.2) is 53.3 Å². The Morgan fingerprint density at radius 3 is 2.67 bits per heavy atom. The molecule has 27 heavy (non-hydrogen) atoms. The third-order valence-corrected chi connectivity index (χ3v) is 5.88. The Bertz CT molecular complexity index is 1090. The zero-order chi connectivity index (χ0) is 19.1. The molecule has 2 heterocycles. The summed E-state index contributed by atoms with van der Waals surface area (Å²) >= 11 is 1.11. The quantitative estimate of drug-likeness (QED) is 0.690. The molecule has 0 saturated carbocycles. The maximum absolute atomic E-state index is 13.8. The summed E-state index contributed by atoms with van der Waals surface area (Å²) in [5.74, 6) is 0.241. The summed E-state index contributed by atoms with van der Waals surface area (Å²) in [5.41, 5.74) is 1.27. The molecular weight excluding hydrogens is 367 g/mol. The van der Waals surface area contributed by atoms with E-state index in [-0.39, 0.29) is 23.1 Å². The second-order valence-electron chi connectivity index (χ2n) is 6.32. The number of benzene rings is 2. The van der Waals surface area contributed by atoms with Crippen molar-refractivity contribution in [2.24, 2.45) is 7.05 Å². The van der Waals surface area contributed by atoms with E-state index in [9.17, 15) is 14.0 Å². The second kappa shape index (κ2) is 6.66. The van der Waals surface area contributed by atoms with Gasteiger partial charge in [0.15, 0.2) is 0 Å². The summed E-state index contributed by atoms with van der Waals surface area (Å²) in [6.07, 6.45) is 0.170. The number of nitrogens with zero attached hydrogens (tertiary/aromatic N) is 2. The van der Waals surface area contributed by atoms with Gasteiger partial charge in [0.25, 0.3) is 0 Å². The second-order valence-corrected chi connectivity index (χ2v) is 7.32. The molecule has 1 aromatic heterocycles. The van der Waals surface area contributed by atoms with Gasteiger partial charge in [0.2, 0.25) is 5.91 Å². The largest absolute Gasteiger partial charge is 0.496 e. The standard InChI is InChI=1S/C20H17FN2O3S/c1-22-19-18(27-20(22)25)15(14-8-3-4-9-16(14)26-2)11-17(24)23(19)13-7-5-6-12(21)10-13/h3-10,15H,11H2,1-2H3/t15-/m0/s1. The molecule has 0 aliphatic carbocycles. The van der Waals surface area contributed by atoms with Crippen molar-refractivity contribution in [2.75, 3.05) is 12.0 Å². The third kappa shape index (κ3) is 2.84. The number of amides is 1. The first-order valence-electron chi connectivity index (χ1n) is 8.42. The maximum Gasteiger partial charge on any atom is 0.308 e. The van der Waals surface area contributed by atoms with Crippen LogP contribution in [0.1, 0.15) is 22.8 Å². The minimum Gasteiger partial charge on any atom is -0.496 e. The van der Waals surface area contributed by atoms with Crippen LogP contribution in [0.2, 0.25) is 0 Å². The van der Waals surface area contributed by atoms with Gasteiger partial charge in [-0.3, -0.25) is 19.1 Å². The molecule has 0 spiro atoms. The number of halogens is 1. The van der Waals surface area contributed by atoms with Crippen LogP contribution in [0.5, 0.6) is 5.75 Å². The van der Waals surface area contributed by atoms with Gasteiger partial charge in [-0.1, -0.05) is 35.6 Å². The highest BCUT2D eigenvalue weighted by Gasteiger charge is 2.38. The minimum absolute atomic E-state index is 0.170. The van der Waals surface area contributed by atoms with Crippen molar-refractivity contribution in [3.8, 4) is 5.75 Å². The monoisotopic (exact) mass is 384 g/mol. The van der Waals surface area contributed by atoms with Gasteiger partial charge >= 0.3 is 4.87 Å². The van der Waals surface area contributed by atoms with Crippen LogP contribution in [0.4, 0.5) is 15.9 Å². The van der Waals surface area contributed by atoms with Crippen LogP contribution in [-0.4, -0.2) is 17.6 Å².